The molecule has 27 heavy (non-hydrogen) atoms. The number of aromatic nitrogens is 5. The molecule has 4 rings (SSSR count). The van der Waals surface area contributed by atoms with E-state index < -0.39 is 0 Å². The van der Waals surface area contributed by atoms with E-state index in [-0.39, 0.29) is 11.8 Å². The Labute approximate surface area is 159 Å². The normalized spacial score (nSPS) is 14.9. The molecule has 1 saturated heterocycles. The van der Waals surface area contributed by atoms with Crippen LogP contribution in [0.15, 0.2) is 30.3 Å². The molecule has 1 N–H and O–H groups in total. The number of anilines is 2. The van der Waals surface area contributed by atoms with Gasteiger partial charge in [-0.2, -0.15) is 5.26 Å². The molecule has 0 atom stereocenters. The number of carbonyl (C=O) groups excluding carboxylic acids is 1. The third kappa shape index (κ3) is 3.52. The van der Waals surface area contributed by atoms with Crippen LogP contribution in [0.3, 0.4) is 0 Å². The molecule has 0 saturated carbocycles. The van der Waals surface area contributed by atoms with Crippen LogP contribution in [-0.2, 0) is 4.79 Å². The van der Waals surface area contributed by atoms with E-state index in [2.05, 4.69) is 30.8 Å². The summed E-state index contributed by atoms with van der Waals surface area (Å²) in [5.74, 6) is 0.652. The van der Waals surface area contributed by atoms with E-state index in [1.54, 1.807) is 18.2 Å². The Morgan fingerprint density at radius 1 is 1.26 bits per heavy atom. The topological polar surface area (TPSA) is 112 Å². The van der Waals surface area contributed by atoms with E-state index in [1.807, 2.05) is 18.2 Å². The highest BCUT2D eigenvalue weighted by Gasteiger charge is 2.26. The first kappa shape index (κ1) is 17.2. The van der Waals surface area contributed by atoms with Crippen LogP contribution in [0.5, 0.6) is 0 Å². The molecule has 2 aromatic heterocycles. The molecule has 10 heteroatoms. The molecular weight excluding hydrogens is 368 g/mol. The first-order valence-corrected chi connectivity index (χ1v) is 8.83. The Balaban J connectivity index is 1.37. The maximum Gasteiger partial charge on any atom is 0.227 e. The van der Waals surface area contributed by atoms with Gasteiger partial charge in [-0.25, -0.2) is 0 Å². The van der Waals surface area contributed by atoms with E-state index in [9.17, 15) is 4.79 Å². The average Bonchev–Trinajstić information content (AvgIpc) is 3.16. The van der Waals surface area contributed by atoms with E-state index in [4.69, 9.17) is 16.9 Å². The second-order valence-electron chi connectivity index (χ2n) is 6.28. The van der Waals surface area contributed by atoms with Crippen molar-refractivity contribution in [1.82, 2.24) is 25.3 Å². The number of hydrogen-bond acceptors (Lipinski definition) is 7. The minimum Gasteiger partial charge on any atom is -0.355 e. The second kappa shape index (κ2) is 7.17. The van der Waals surface area contributed by atoms with Crippen molar-refractivity contribution in [1.29, 1.82) is 5.26 Å². The lowest BCUT2D eigenvalue weighted by Crippen LogP contribution is -2.38. The zero-order chi connectivity index (χ0) is 18.8. The van der Waals surface area contributed by atoms with Crippen LogP contribution >= 0.6 is 11.6 Å². The molecule has 3 aromatic rings. The van der Waals surface area contributed by atoms with Crippen LogP contribution in [0.4, 0.5) is 11.5 Å². The number of nitrogens with zero attached hydrogens (tertiary/aromatic N) is 7. The Bertz CT molecular complexity index is 1030. The molecule has 0 aliphatic carbocycles. The molecule has 1 aliphatic heterocycles. The van der Waals surface area contributed by atoms with Crippen LogP contribution < -0.4 is 10.2 Å². The molecule has 0 bridgehead atoms. The molecule has 0 spiro atoms. The van der Waals surface area contributed by atoms with Gasteiger partial charge >= 0.3 is 0 Å². The number of benzene rings is 1. The molecular formula is C17H15ClN8O. The molecule has 1 aliphatic rings. The van der Waals surface area contributed by atoms with E-state index in [0.29, 0.717) is 47.9 Å². The maximum absolute atomic E-state index is 12.5. The number of amides is 1. The number of hydrogen-bond donors (Lipinski definition) is 1. The predicted octanol–water partition coefficient (Wildman–Crippen LogP) is 1.90. The lowest BCUT2D eigenvalue weighted by molar-refractivity contribution is -0.120. The fraction of sp³-hybridized carbons (Fsp3) is 0.294. The standard InChI is InChI=1S/C17H15ClN8O/c18-14-9-13(2-1-12(14)10-19)20-17(27)11-5-7-25(8-6-11)16-4-3-15-21-23-24-26(15)22-16/h1-4,9,11H,5-8H2,(H,20,27). The maximum atomic E-state index is 12.5. The summed E-state index contributed by atoms with van der Waals surface area (Å²) in [6.07, 6.45) is 1.43. The largest absolute Gasteiger partial charge is 0.355 e. The lowest BCUT2D eigenvalue weighted by atomic mass is 9.95. The van der Waals surface area contributed by atoms with Gasteiger partial charge in [-0.05, 0) is 53.6 Å². The first-order chi connectivity index (χ1) is 13.1. The number of nitriles is 1. The quantitative estimate of drug-likeness (QED) is 0.736. The number of halogens is 1. The van der Waals surface area contributed by atoms with Gasteiger partial charge in [0.15, 0.2) is 11.5 Å². The molecule has 1 amide bonds. The highest BCUT2D eigenvalue weighted by molar-refractivity contribution is 6.32. The number of fused-ring (bicyclic) bond motifs is 1. The van der Waals surface area contributed by atoms with Crippen LogP contribution in [-0.4, -0.2) is 44.3 Å². The summed E-state index contributed by atoms with van der Waals surface area (Å²) < 4.78 is 1.39. The minimum atomic E-state index is -0.0903. The monoisotopic (exact) mass is 382 g/mol. The van der Waals surface area contributed by atoms with Crippen molar-refractivity contribution in [3.63, 3.8) is 0 Å². The zero-order valence-corrected chi connectivity index (χ0v) is 15.0. The van der Waals surface area contributed by atoms with Gasteiger partial charge in [-0.3, -0.25) is 4.79 Å². The molecule has 9 nitrogen and oxygen atoms in total. The first-order valence-electron chi connectivity index (χ1n) is 8.45. The van der Waals surface area contributed by atoms with Crippen molar-refractivity contribution < 1.29 is 4.79 Å². The highest BCUT2D eigenvalue weighted by Crippen LogP contribution is 2.25. The molecule has 3 heterocycles. The Kier molecular flexibility index (Phi) is 4.56. The van der Waals surface area contributed by atoms with Gasteiger partial charge < -0.3 is 10.2 Å². The van der Waals surface area contributed by atoms with Gasteiger partial charge in [0.25, 0.3) is 0 Å². The van der Waals surface area contributed by atoms with E-state index >= 15 is 0 Å². The SMILES string of the molecule is N#Cc1ccc(NC(=O)C2CCN(c3ccc4nnnn4n3)CC2)cc1Cl. The highest BCUT2D eigenvalue weighted by atomic mass is 35.5. The van der Waals surface area contributed by atoms with Crippen LogP contribution in [0, 0.1) is 17.2 Å². The van der Waals surface area contributed by atoms with Gasteiger partial charge in [0, 0.05) is 24.7 Å². The molecule has 0 radical (unpaired) electrons. The lowest BCUT2D eigenvalue weighted by Gasteiger charge is -2.31. The van der Waals surface area contributed by atoms with Gasteiger partial charge in [0.05, 0.1) is 10.6 Å². The van der Waals surface area contributed by atoms with Gasteiger partial charge in [0.2, 0.25) is 5.91 Å². The number of carbonyl (C=O) groups is 1. The summed E-state index contributed by atoms with van der Waals surface area (Å²) in [6.45, 7) is 1.43. The molecule has 1 fully saturated rings. The molecule has 136 valence electrons. The number of nitrogens with one attached hydrogen (secondary N) is 1. The average molecular weight is 383 g/mol. The molecule has 0 unspecified atom stereocenters. The van der Waals surface area contributed by atoms with Crippen molar-refractivity contribution in [2.75, 3.05) is 23.3 Å². The Morgan fingerprint density at radius 2 is 2.07 bits per heavy atom. The van der Waals surface area contributed by atoms with Gasteiger partial charge in [0.1, 0.15) is 6.07 Å². The van der Waals surface area contributed by atoms with Crippen molar-refractivity contribution in [3.05, 3.63) is 40.9 Å². The van der Waals surface area contributed by atoms with Crippen LogP contribution in [0.2, 0.25) is 5.02 Å². The minimum absolute atomic E-state index is 0.0423. The third-order valence-electron chi connectivity index (χ3n) is 4.60. The Hall–Kier alpha value is -3.25. The zero-order valence-electron chi connectivity index (χ0n) is 14.2. The van der Waals surface area contributed by atoms with Crippen molar-refractivity contribution in [2.45, 2.75) is 12.8 Å². The summed E-state index contributed by atoms with van der Waals surface area (Å²) in [7, 11) is 0. The van der Waals surface area contributed by atoms with Gasteiger partial charge in [-0.1, -0.05) is 11.6 Å². The molecule has 1 aromatic carbocycles. The number of tetrazole rings is 1. The summed E-state index contributed by atoms with van der Waals surface area (Å²) in [5.41, 5.74) is 1.57. The number of piperidine rings is 1. The summed E-state index contributed by atoms with van der Waals surface area (Å²) in [6, 6.07) is 10.6. The van der Waals surface area contributed by atoms with Crippen molar-refractivity contribution in [3.8, 4) is 6.07 Å². The summed E-state index contributed by atoms with van der Waals surface area (Å²) >= 11 is 6.02. The van der Waals surface area contributed by atoms with E-state index in [0.717, 1.165) is 5.82 Å². The summed E-state index contributed by atoms with van der Waals surface area (Å²) in [5, 5.41) is 27.7. The van der Waals surface area contributed by atoms with Crippen LogP contribution in [0.1, 0.15) is 18.4 Å². The smallest absolute Gasteiger partial charge is 0.227 e. The Morgan fingerprint density at radius 3 is 2.81 bits per heavy atom. The number of rotatable bonds is 3. The van der Waals surface area contributed by atoms with Crippen molar-refractivity contribution in [2.24, 2.45) is 5.92 Å². The fourth-order valence-corrected chi connectivity index (χ4v) is 3.33. The second-order valence-corrected chi connectivity index (χ2v) is 6.68. The van der Waals surface area contributed by atoms with Crippen LogP contribution in [0.25, 0.3) is 5.65 Å². The van der Waals surface area contributed by atoms with Gasteiger partial charge in [-0.15, -0.1) is 14.8 Å². The third-order valence-corrected chi connectivity index (χ3v) is 4.91. The predicted molar refractivity (Wildman–Crippen MR) is 98.3 cm³/mol. The van der Waals surface area contributed by atoms with E-state index in [1.165, 1.54) is 4.63 Å². The van der Waals surface area contributed by atoms with Crippen molar-refractivity contribution >= 4 is 34.7 Å². The summed E-state index contributed by atoms with van der Waals surface area (Å²) in [4.78, 5) is 14.6. The fourth-order valence-electron chi connectivity index (χ4n) is 3.11.